The quantitative estimate of drug-likeness (QED) is 0.100. The van der Waals surface area contributed by atoms with Crippen LogP contribution in [-0.2, 0) is 23.9 Å². The van der Waals surface area contributed by atoms with Gasteiger partial charge in [-0.3, -0.25) is 0 Å². The number of hydrogen-bond donors (Lipinski definition) is 0. The van der Waals surface area contributed by atoms with Crippen LogP contribution in [0.2, 0.25) is 0 Å². The SMILES string of the molecule is C=C(C)C(=O)OCCCCCCCCCCCCCCCCCC.O=C1C=CC(=O)O1. The van der Waals surface area contributed by atoms with Crippen molar-refractivity contribution in [3.05, 3.63) is 24.3 Å². The minimum atomic E-state index is -0.579. The highest BCUT2D eigenvalue weighted by molar-refractivity contribution is 6.04. The summed E-state index contributed by atoms with van der Waals surface area (Å²) in [6, 6.07) is 0. The fourth-order valence-corrected chi connectivity index (χ4v) is 3.24. The van der Waals surface area contributed by atoms with Crippen molar-refractivity contribution in [1.82, 2.24) is 0 Å². The fourth-order valence-electron chi connectivity index (χ4n) is 3.24. The first kappa shape index (κ1) is 29.1. The Kier molecular flexibility index (Phi) is 20.0. The number of carbonyl (C=O) groups is 3. The lowest BCUT2D eigenvalue weighted by Gasteiger charge is -2.05. The number of unbranched alkanes of at least 4 members (excludes halogenated alkanes) is 15. The standard InChI is InChI=1S/C22H42O2.C4H2O3/c1-4-5-6-7-8-9-10-11-12-13-14-15-16-17-18-19-20-24-22(23)21(2)3;5-3-1-2-4(6)7-3/h2,4-20H2,1,3H3;1-2H. The van der Waals surface area contributed by atoms with Crippen LogP contribution in [0.1, 0.15) is 117 Å². The molecular weight excluding hydrogens is 392 g/mol. The number of hydrogen-bond acceptors (Lipinski definition) is 5. The van der Waals surface area contributed by atoms with Crippen LogP contribution in [0.3, 0.4) is 0 Å². The Morgan fingerprint density at radius 3 is 1.39 bits per heavy atom. The molecule has 5 nitrogen and oxygen atoms in total. The van der Waals surface area contributed by atoms with Crippen molar-refractivity contribution in [2.75, 3.05) is 6.61 Å². The summed E-state index contributed by atoms with van der Waals surface area (Å²) < 4.78 is 9.06. The molecule has 0 N–H and O–H groups in total. The maximum absolute atomic E-state index is 11.2. The van der Waals surface area contributed by atoms with Gasteiger partial charge in [0.1, 0.15) is 0 Å². The second kappa shape index (κ2) is 21.3. The zero-order valence-electron chi connectivity index (χ0n) is 19.9. The monoisotopic (exact) mass is 436 g/mol. The van der Waals surface area contributed by atoms with Gasteiger partial charge in [-0.05, 0) is 13.3 Å². The van der Waals surface area contributed by atoms with E-state index in [-0.39, 0.29) is 5.97 Å². The summed E-state index contributed by atoms with van der Waals surface area (Å²) in [6.07, 6.45) is 23.9. The van der Waals surface area contributed by atoms with Crippen molar-refractivity contribution in [2.24, 2.45) is 0 Å². The molecule has 0 bridgehead atoms. The van der Waals surface area contributed by atoms with E-state index in [2.05, 4.69) is 18.2 Å². The lowest BCUT2D eigenvalue weighted by Crippen LogP contribution is -2.05. The van der Waals surface area contributed by atoms with Gasteiger partial charge in [0.2, 0.25) is 0 Å². The summed E-state index contributed by atoms with van der Waals surface area (Å²) in [5, 5.41) is 0. The summed E-state index contributed by atoms with van der Waals surface area (Å²) in [5.41, 5.74) is 0.492. The van der Waals surface area contributed by atoms with Gasteiger partial charge in [-0.1, -0.05) is 110 Å². The normalized spacial score (nSPS) is 12.3. The lowest BCUT2D eigenvalue weighted by molar-refractivity contribution is -0.150. The van der Waals surface area contributed by atoms with Crippen molar-refractivity contribution in [3.63, 3.8) is 0 Å². The Morgan fingerprint density at radius 2 is 1.10 bits per heavy atom. The van der Waals surface area contributed by atoms with Gasteiger partial charge in [0, 0.05) is 17.7 Å². The molecule has 0 saturated heterocycles. The smallest absolute Gasteiger partial charge is 0.338 e. The van der Waals surface area contributed by atoms with Gasteiger partial charge in [-0.25, -0.2) is 14.4 Å². The first-order chi connectivity index (χ1) is 15.0. The molecule has 1 heterocycles. The topological polar surface area (TPSA) is 69.7 Å². The highest BCUT2D eigenvalue weighted by atomic mass is 16.6. The highest BCUT2D eigenvalue weighted by Gasteiger charge is 2.10. The van der Waals surface area contributed by atoms with Crippen LogP contribution in [0.4, 0.5) is 0 Å². The first-order valence-corrected chi connectivity index (χ1v) is 12.2. The lowest BCUT2D eigenvalue weighted by atomic mass is 10.0. The summed E-state index contributed by atoms with van der Waals surface area (Å²) in [4.78, 5) is 31.0. The molecule has 0 aromatic rings. The van der Waals surface area contributed by atoms with E-state index >= 15 is 0 Å². The van der Waals surface area contributed by atoms with Crippen molar-refractivity contribution >= 4 is 17.9 Å². The molecule has 0 saturated carbocycles. The van der Waals surface area contributed by atoms with Crippen molar-refractivity contribution in [2.45, 2.75) is 117 Å². The van der Waals surface area contributed by atoms with Gasteiger partial charge in [-0.15, -0.1) is 0 Å². The second-order valence-electron chi connectivity index (χ2n) is 8.29. The molecule has 0 aromatic heterocycles. The third kappa shape index (κ3) is 21.1. The maximum Gasteiger partial charge on any atom is 0.338 e. The van der Waals surface area contributed by atoms with E-state index in [1.807, 2.05) is 0 Å². The molecule has 31 heavy (non-hydrogen) atoms. The van der Waals surface area contributed by atoms with Crippen LogP contribution >= 0.6 is 0 Å². The molecule has 178 valence electrons. The largest absolute Gasteiger partial charge is 0.462 e. The number of rotatable bonds is 18. The molecule has 0 amide bonds. The zero-order valence-corrected chi connectivity index (χ0v) is 19.9. The third-order valence-electron chi connectivity index (χ3n) is 5.14. The first-order valence-electron chi connectivity index (χ1n) is 12.2. The molecule has 0 aliphatic carbocycles. The average molecular weight is 437 g/mol. The minimum Gasteiger partial charge on any atom is -0.462 e. The molecule has 0 fully saturated rings. The number of esters is 3. The Labute approximate surface area is 189 Å². The van der Waals surface area contributed by atoms with Crippen molar-refractivity contribution in [3.8, 4) is 0 Å². The van der Waals surface area contributed by atoms with Gasteiger partial charge in [0.05, 0.1) is 6.61 Å². The predicted octanol–water partition coefficient (Wildman–Crippen LogP) is 6.99. The van der Waals surface area contributed by atoms with E-state index in [9.17, 15) is 14.4 Å². The predicted molar refractivity (Wildman–Crippen MR) is 126 cm³/mol. The van der Waals surface area contributed by atoms with Crippen LogP contribution in [0.5, 0.6) is 0 Å². The number of ether oxygens (including phenoxy) is 2. The molecule has 0 spiro atoms. The van der Waals surface area contributed by atoms with Crippen LogP contribution in [0.25, 0.3) is 0 Å². The Morgan fingerprint density at radius 1 is 0.742 bits per heavy atom. The second-order valence-corrected chi connectivity index (χ2v) is 8.29. The van der Waals surface area contributed by atoms with E-state index in [4.69, 9.17) is 4.74 Å². The maximum atomic E-state index is 11.2. The number of carbonyl (C=O) groups excluding carboxylic acids is 3. The zero-order chi connectivity index (χ0) is 23.2. The van der Waals surface area contributed by atoms with E-state index in [1.165, 1.54) is 96.3 Å². The Bertz CT molecular complexity index is 520. The summed E-state index contributed by atoms with van der Waals surface area (Å²) in [6.45, 7) is 8.09. The molecule has 1 aliphatic heterocycles. The van der Waals surface area contributed by atoms with Crippen LogP contribution in [0.15, 0.2) is 24.3 Å². The van der Waals surface area contributed by atoms with E-state index < -0.39 is 11.9 Å². The van der Waals surface area contributed by atoms with Gasteiger partial charge in [0.25, 0.3) is 0 Å². The third-order valence-corrected chi connectivity index (χ3v) is 5.14. The summed E-state index contributed by atoms with van der Waals surface area (Å²) >= 11 is 0. The van der Waals surface area contributed by atoms with Gasteiger partial charge >= 0.3 is 17.9 Å². The summed E-state index contributed by atoms with van der Waals surface area (Å²) in [7, 11) is 0. The van der Waals surface area contributed by atoms with E-state index in [0.717, 1.165) is 18.6 Å². The van der Waals surface area contributed by atoms with Gasteiger partial charge < -0.3 is 9.47 Å². The molecule has 5 heteroatoms. The summed E-state index contributed by atoms with van der Waals surface area (Å²) in [5.74, 6) is -1.41. The minimum absolute atomic E-state index is 0.254. The average Bonchev–Trinajstić information content (AvgIpc) is 3.13. The fraction of sp³-hybridized carbons (Fsp3) is 0.731. The highest BCUT2D eigenvalue weighted by Crippen LogP contribution is 2.13. The Hall–Kier alpha value is -1.91. The molecule has 0 unspecified atom stereocenters. The van der Waals surface area contributed by atoms with E-state index in [0.29, 0.717) is 12.2 Å². The molecule has 0 atom stereocenters. The molecule has 1 aliphatic rings. The van der Waals surface area contributed by atoms with Crippen LogP contribution < -0.4 is 0 Å². The molecule has 1 rings (SSSR count). The van der Waals surface area contributed by atoms with Gasteiger partial charge in [-0.2, -0.15) is 0 Å². The van der Waals surface area contributed by atoms with E-state index in [1.54, 1.807) is 6.92 Å². The van der Waals surface area contributed by atoms with Crippen LogP contribution in [-0.4, -0.2) is 24.5 Å². The molecular formula is C26H44O5. The number of cyclic esters (lactones) is 2. The van der Waals surface area contributed by atoms with Gasteiger partial charge in [0.15, 0.2) is 0 Å². The molecule has 0 aromatic carbocycles. The van der Waals surface area contributed by atoms with Crippen molar-refractivity contribution in [1.29, 1.82) is 0 Å². The van der Waals surface area contributed by atoms with Crippen LogP contribution in [0, 0.1) is 0 Å². The Balaban J connectivity index is 0.00000107. The molecule has 0 radical (unpaired) electrons. The van der Waals surface area contributed by atoms with Crippen molar-refractivity contribution < 1.29 is 23.9 Å².